The quantitative estimate of drug-likeness (QED) is 0.693. The van der Waals surface area contributed by atoms with Crippen LogP contribution < -0.4 is 10.2 Å². The number of nitrogens with one attached hydrogen (secondary N) is 1. The molecule has 0 aliphatic carbocycles. The first-order valence-electron chi connectivity index (χ1n) is 6.82. The molecule has 1 aliphatic rings. The number of aromatic nitrogens is 2. The van der Waals surface area contributed by atoms with Gasteiger partial charge in [-0.15, -0.1) is 0 Å². The maximum atomic E-state index is 10.4. The summed E-state index contributed by atoms with van der Waals surface area (Å²) in [5, 5.41) is 11.7. The zero-order valence-corrected chi connectivity index (χ0v) is 11.4. The van der Waals surface area contributed by atoms with Crippen LogP contribution in [0.15, 0.2) is 12.4 Å². The van der Waals surface area contributed by atoms with E-state index in [1.165, 1.54) is 0 Å². The molecule has 0 aromatic carbocycles. The predicted octanol–water partition coefficient (Wildman–Crippen LogP) is 0.268. The molecule has 0 spiro atoms. The Kier molecular flexibility index (Phi) is 5.69. The fraction of sp³-hybridized carbons (Fsp3) is 0.615. The summed E-state index contributed by atoms with van der Waals surface area (Å²) in [6, 6.07) is 0. The van der Waals surface area contributed by atoms with Gasteiger partial charge in [0.1, 0.15) is 0 Å². The molecular formula is C13H20N4O3. The number of aliphatic carboxylic acids is 1. The summed E-state index contributed by atoms with van der Waals surface area (Å²) in [6.07, 6.45) is 4.44. The SMILES string of the molecule is O=C(O)CCCNCc1cnc(N2CCOCC2)nc1. The second-order valence-corrected chi connectivity index (χ2v) is 4.66. The molecule has 1 aromatic heterocycles. The van der Waals surface area contributed by atoms with Crippen LogP contribution in [0.1, 0.15) is 18.4 Å². The number of morpholine rings is 1. The Morgan fingerprint density at radius 2 is 2.05 bits per heavy atom. The second-order valence-electron chi connectivity index (χ2n) is 4.66. The van der Waals surface area contributed by atoms with Crippen molar-refractivity contribution in [1.29, 1.82) is 0 Å². The third-order valence-corrected chi connectivity index (χ3v) is 3.06. The van der Waals surface area contributed by atoms with Gasteiger partial charge in [0, 0.05) is 44.0 Å². The molecule has 1 aliphatic heterocycles. The van der Waals surface area contributed by atoms with E-state index in [-0.39, 0.29) is 6.42 Å². The Morgan fingerprint density at radius 1 is 1.35 bits per heavy atom. The molecule has 7 heteroatoms. The van der Waals surface area contributed by atoms with Gasteiger partial charge in [-0.25, -0.2) is 9.97 Å². The Hall–Kier alpha value is -1.73. The first kappa shape index (κ1) is 14.7. The van der Waals surface area contributed by atoms with Crippen molar-refractivity contribution in [3.8, 4) is 0 Å². The summed E-state index contributed by atoms with van der Waals surface area (Å²) in [6.45, 7) is 4.42. The highest BCUT2D eigenvalue weighted by atomic mass is 16.5. The molecule has 0 saturated carbocycles. The van der Waals surface area contributed by atoms with E-state index in [0.717, 1.165) is 37.8 Å². The van der Waals surface area contributed by atoms with E-state index in [4.69, 9.17) is 9.84 Å². The lowest BCUT2D eigenvalue weighted by Gasteiger charge is -2.26. The first-order valence-corrected chi connectivity index (χ1v) is 6.82. The monoisotopic (exact) mass is 280 g/mol. The maximum Gasteiger partial charge on any atom is 0.303 e. The third kappa shape index (κ3) is 4.75. The van der Waals surface area contributed by atoms with Gasteiger partial charge < -0.3 is 20.1 Å². The zero-order chi connectivity index (χ0) is 14.2. The number of anilines is 1. The van der Waals surface area contributed by atoms with Gasteiger partial charge in [0.2, 0.25) is 5.95 Å². The van der Waals surface area contributed by atoms with E-state index >= 15 is 0 Å². The smallest absolute Gasteiger partial charge is 0.303 e. The summed E-state index contributed by atoms with van der Waals surface area (Å²) in [4.78, 5) is 21.2. The molecule has 0 bridgehead atoms. The lowest BCUT2D eigenvalue weighted by atomic mass is 10.3. The highest BCUT2D eigenvalue weighted by molar-refractivity contribution is 5.66. The van der Waals surface area contributed by atoms with Gasteiger partial charge in [-0.2, -0.15) is 0 Å². The number of carbonyl (C=O) groups is 1. The minimum absolute atomic E-state index is 0.194. The summed E-state index contributed by atoms with van der Waals surface area (Å²) in [7, 11) is 0. The molecule has 0 atom stereocenters. The van der Waals surface area contributed by atoms with Gasteiger partial charge in [0.15, 0.2) is 0 Å². The second kappa shape index (κ2) is 7.76. The van der Waals surface area contributed by atoms with Crippen molar-refractivity contribution in [3.63, 3.8) is 0 Å². The van der Waals surface area contributed by atoms with E-state index < -0.39 is 5.97 Å². The minimum Gasteiger partial charge on any atom is -0.481 e. The van der Waals surface area contributed by atoms with E-state index in [1.54, 1.807) is 0 Å². The number of ether oxygens (including phenoxy) is 1. The number of carboxylic acid groups (broad SMARTS) is 1. The van der Waals surface area contributed by atoms with Crippen LogP contribution in [0.3, 0.4) is 0 Å². The molecule has 1 aromatic rings. The Morgan fingerprint density at radius 3 is 2.70 bits per heavy atom. The van der Waals surface area contributed by atoms with Gasteiger partial charge >= 0.3 is 5.97 Å². The van der Waals surface area contributed by atoms with Gasteiger partial charge in [0.25, 0.3) is 0 Å². The van der Waals surface area contributed by atoms with Crippen LogP contribution in [0, 0.1) is 0 Å². The predicted molar refractivity (Wildman–Crippen MR) is 73.6 cm³/mol. The van der Waals surface area contributed by atoms with Crippen molar-refractivity contribution >= 4 is 11.9 Å². The van der Waals surface area contributed by atoms with Crippen molar-refractivity contribution in [1.82, 2.24) is 15.3 Å². The normalized spacial score (nSPS) is 15.3. The van der Waals surface area contributed by atoms with E-state index in [9.17, 15) is 4.79 Å². The minimum atomic E-state index is -0.759. The highest BCUT2D eigenvalue weighted by Gasteiger charge is 2.13. The number of nitrogens with zero attached hydrogens (tertiary/aromatic N) is 3. The largest absolute Gasteiger partial charge is 0.481 e. The molecule has 7 nitrogen and oxygen atoms in total. The molecule has 110 valence electrons. The molecule has 0 unspecified atom stereocenters. The van der Waals surface area contributed by atoms with Gasteiger partial charge in [-0.3, -0.25) is 4.79 Å². The van der Waals surface area contributed by atoms with Crippen LogP contribution in [0.2, 0.25) is 0 Å². The third-order valence-electron chi connectivity index (χ3n) is 3.06. The highest BCUT2D eigenvalue weighted by Crippen LogP contribution is 2.09. The molecular weight excluding hydrogens is 260 g/mol. The van der Waals surface area contributed by atoms with Crippen molar-refractivity contribution < 1.29 is 14.6 Å². The molecule has 1 fully saturated rings. The molecule has 2 heterocycles. The summed E-state index contributed by atoms with van der Waals surface area (Å²) < 4.78 is 5.29. The van der Waals surface area contributed by atoms with E-state index in [2.05, 4.69) is 20.2 Å². The van der Waals surface area contributed by atoms with Crippen LogP contribution in [0.25, 0.3) is 0 Å². The van der Waals surface area contributed by atoms with Gasteiger partial charge in [-0.05, 0) is 13.0 Å². The van der Waals surface area contributed by atoms with Gasteiger partial charge in [0.05, 0.1) is 13.2 Å². The summed E-state index contributed by atoms with van der Waals surface area (Å²) in [5.41, 5.74) is 0.998. The maximum absolute atomic E-state index is 10.4. The average molecular weight is 280 g/mol. The molecule has 0 radical (unpaired) electrons. The van der Waals surface area contributed by atoms with Crippen LogP contribution >= 0.6 is 0 Å². The molecule has 20 heavy (non-hydrogen) atoms. The fourth-order valence-electron chi connectivity index (χ4n) is 1.96. The fourth-order valence-corrected chi connectivity index (χ4v) is 1.96. The van der Waals surface area contributed by atoms with E-state index in [0.29, 0.717) is 19.5 Å². The van der Waals surface area contributed by atoms with Crippen LogP contribution in [0.5, 0.6) is 0 Å². The topological polar surface area (TPSA) is 87.6 Å². The molecule has 0 amide bonds. The average Bonchev–Trinajstić information content (AvgIpc) is 2.48. The summed E-state index contributed by atoms with van der Waals surface area (Å²) >= 11 is 0. The zero-order valence-electron chi connectivity index (χ0n) is 11.4. The number of hydrogen-bond acceptors (Lipinski definition) is 6. The first-order chi connectivity index (χ1) is 9.75. The van der Waals surface area contributed by atoms with Crippen molar-refractivity contribution in [2.45, 2.75) is 19.4 Å². The molecule has 2 N–H and O–H groups in total. The van der Waals surface area contributed by atoms with Crippen LogP contribution in [-0.4, -0.2) is 53.9 Å². The van der Waals surface area contributed by atoms with Crippen molar-refractivity contribution in [2.24, 2.45) is 0 Å². The summed E-state index contributed by atoms with van der Waals surface area (Å²) in [5.74, 6) is -0.0204. The number of hydrogen-bond donors (Lipinski definition) is 2. The Balaban J connectivity index is 1.72. The van der Waals surface area contributed by atoms with Crippen LogP contribution in [-0.2, 0) is 16.1 Å². The standard InChI is InChI=1S/C13H20N4O3/c18-12(19)2-1-3-14-8-11-9-15-13(16-10-11)17-4-6-20-7-5-17/h9-10,14H,1-8H2,(H,18,19). The molecule has 1 saturated heterocycles. The van der Waals surface area contributed by atoms with E-state index in [1.807, 2.05) is 12.4 Å². The van der Waals surface area contributed by atoms with Crippen molar-refractivity contribution in [2.75, 3.05) is 37.7 Å². The lowest BCUT2D eigenvalue weighted by Crippen LogP contribution is -2.37. The Labute approximate surface area is 118 Å². The van der Waals surface area contributed by atoms with Crippen LogP contribution in [0.4, 0.5) is 5.95 Å². The molecule has 2 rings (SSSR count). The number of rotatable bonds is 7. The lowest BCUT2D eigenvalue weighted by molar-refractivity contribution is -0.137. The Bertz CT molecular complexity index is 418. The number of carboxylic acids is 1. The van der Waals surface area contributed by atoms with Crippen molar-refractivity contribution in [3.05, 3.63) is 18.0 Å². The van der Waals surface area contributed by atoms with Gasteiger partial charge in [-0.1, -0.05) is 0 Å².